The molecule has 0 aliphatic carbocycles. The lowest BCUT2D eigenvalue weighted by atomic mass is 10.1. The smallest absolute Gasteiger partial charge is 0.162 e. The lowest BCUT2D eigenvalue weighted by Crippen LogP contribution is -2.22. The van der Waals surface area contributed by atoms with Crippen LogP contribution in [-0.4, -0.2) is 40.4 Å². The minimum Gasteiger partial charge on any atom is -0.361 e. The van der Waals surface area contributed by atoms with Crippen molar-refractivity contribution in [1.29, 1.82) is 0 Å². The maximum atomic E-state index is 6.50. The summed E-state index contributed by atoms with van der Waals surface area (Å²) in [6.07, 6.45) is 1.54. The van der Waals surface area contributed by atoms with Gasteiger partial charge < -0.3 is 4.74 Å². The molecule has 9 nitrogen and oxygen atoms in total. The molecule has 31 heavy (non-hydrogen) atoms. The quantitative estimate of drug-likeness (QED) is 0.352. The first-order chi connectivity index (χ1) is 15.0. The van der Waals surface area contributed by atoms with Crippen LogP contribution in [0.1, 0.15) is 23.3 Å². The zero-order valence-corrected chi connectivity index (χ0v) is 18.7. The van der Waals surface area contributed by atoms with Crippen molar-refractivity contribution in [2.75, 3.05) is 0 Å². The molecule has 2 heterocycles. The molecule has 2 aromatic heterocycles. The molecule has 0 fully saturated rings. The van der Waals surface area contributed by atoms with Gasteiger partial charge in [0.2, 0.25) is 0 Å². The fourth-order valence-electron chi connectivity index (χ4n) is 2.99. The van der Waals surface area contributed by atoms with Gasteiger partial charge in [-0.2, -0.15) is 9.59 Å². The lowest BCUT2D eigenvalue weighted by molar-refractivity contribution is -0.0395. The number of benzene rings is 2. The molecule has 0 spiro atoms. The van der Waals surface area contributed by atoms with Crippen molar-refractivity contribution < 1.29 is 4.74 Å². The number of ether oxygens (including phenoxy) is 1. The van der Waals surface area contributed by atoms with Crippen molar-refractivity contribution >= 4 is 46.4 Å². The van der Waals surface area contributed by atoms with E-state index >= 15 is 0 Å². The van der Waals surface area contributed by atoms with Gasteiger partial charge in [-0.05, 0) is 34.7 Å². The largest absolute Gasteiger partial charge is 0.361 e. The van der Waals surface area contributed by atoms with Crippen molar-refractivity contribution in [2.24, 2.45) is 0 Å². The number of hydrogen-bond donors (Lipinski definition) is 0. The molecule has 4 aromatic rings. The Balaban J connectivity index is 1.71. The van der Waals surface area contributed by atoms with E-state index in [0.29, 0.717) is 31.2 Å². The van der Waals surface area contributed by atoms with Gasteiger partial charge in [-0.3, -0.25) is 0 Å². The third-order valence-electron chi connectivity index (χ3n) is 4.39. The Labute approximate surface area is 196 Å². The normalized spacial score (nSPS) is 13.3. The Morgan fingerprint density at radius 1 is 0.710 bits per heavy atom. The molecule has 0 amide bonds. The predicted octanol–water partition coefficient (Wildman–Crippen LogP) is 4.47. The van der Waals surface area contributed by atoms with E-state index in [1.54, 1.807) is 36.4 Å². The van der Waals surface area contributed by atoms with E-state index in [4.69, 9.17) is 51.1 Å². The van der Waals surface area contributed by atoms with Crippen LogP contribution in [0.2, 0.25) is 20.1 Å². The van der Waals surface area contributed by atoms with Gasteiger partial charge in [0.05, 0.1) is 13.1 Å². The topological polar surface area (TPSA) is 96.4 Å². The monoisotopic (exact) mass is 498 g/mol. The summed E-state index contributed by atoms with van der Waals surface area (Å²) in [7, 11) is 0. The van der Waals surface area contributed by atoms with E-state index in [2.05, 4.69) is 30.8 Å². The number of tetrazole rings is 2. The van der Waals surface area contributed by atoms with Crippen molar-refractivity contribution in [2.45, 2.75) is 25.3 Å². The highest BCUT2D eigenvalue weighted by Gasteiger charge is 2.26. The highest BCUT2D eigenvalue weighted by Crippen LogP contribution is 2.36. The first-order valence-corrected chi connectivity index (χ1v) is 10.5. The van der Waals surface area contributed by atoms with E-state index in [-0.39, 0.29) is 13.1 Å². The summed E-state index contributed by atoms with van der Waals surface area (Å²) in [6, 6.07) is 10.3. The number of nitrogens with zero attached hydrogens (tertiary/aromatic N) is 8. The second-order valence-electron chi connectivity index (χ2n) is 6.43. The van der Waals surface area contributed by atoms with Gasteiger partial charge in [-0.1, -0.05) is 58.5 Å². The molecular weight excluding hydrogens is 486 g/mol. The second-order valence-corrected chi connectivity index (χ2v) is 8.11. The van der Waals surface area contributed by atoms with E-state index in [1.165, 1.54) is 22.2 Å². The SMILES string of the molecule is Clc1ccc([C@H](Cn2ncnn2)O[C@@H](Cn2ncnn2)c2ccc(Cl)cc2Cl)c(Cl)c1. The fraction of sp³-hybridized carbons (Fsp3) is 0.222. The van der Waals surface area contributed by atoms with Crippen LogP contribution in [0.3, 0.4) is 0 Å². The molecule has 0 saturated heterocycles. The van der Waals surface area contributed by atoms with Crippen molar-refractivity contribution in [3.63, 3.8) is 0 Å². The molecule has 2 atom stereocenters. The molecule has 0 bridgehead atoms. The standard InChI is InChI=1S/C18H14Cl4N8O/c19-11-1-3-13(15(21)5-11)17(7-29-25-9-23-27-29)31-18(8-30-26-10-24-28-30)14-4-2-12(20)6-16(14)22/h1-6,9-10,17-18H,7-8H2/t17-,18-/m0/s1. The number of rotatable bonds is 8. The van der Waals surface area contributed by atoms with E-state index < -0.39 is 12.2 Å². The van der Waals surface area contributed by atoms with Crippen molar-refractivity contribution in [3.05, 3.63) is 80.3 Å². The Bertz CT molecular complexity index is 1050. The molecule has 0 radical (unpaired) electrons. The third kappa shape index (κ3) is 5.50. The first kappa shape index (κ1) is 21.9. The Morgan fingerprint density at radius 3 is 1.52 bits per heavy atom. The van der Waals surface area contributed by atoms with Gasteiger partial charge in [0.25, 0.3) is 0 Å². The molecule has 0 aliphatic rings. The highest BCUT2D eigenvalue weighted by atomic mass is 35.5. The molecule has 4 rings (SSSR count). The van der Waals surface area contributed by atoms with Crippen molar-refractivity contribution in [3.8, 4) is 0 Å². The molecule has 0 saturated carbocycles. The van der Waals surface area contributed by atoms with Gasteiger partial charge in [-0.25, -0.2) is 0 Å². The summed E-state index contributed by atoms with van der Waals surface area (Å²) in [6.45, 7) is 0.488. The van der Waals surface area contributed by atoms with E-state index in [1.807, 2.05) is 0 Å². The van der Waals surface area contributed by atoms with Crippen LogP contribution in [0, 0.1) is 0 Å². The average molecular weight is 500 g/mol. The average Bonchev–Trinajstić information content (AvgIpc) is 3.41. The van der Waals surface area contributed by atoms with Crippen LogP contribution in [-0.2, 0) is 17.8 Å². The van der Waals surface area contributed by atoms with Gasteiger partial charge in [0, 0.05) is 31.2 Å². The molecule has 0 aliphatic heterocycles. The highest BCUT2D eigenvalue weighted by molar-refractivity contribution is 6.35. The summed E-state index contributed by atoms with van der Waals surface area (Å²) in [5.41, 5.74) is 1.40. The van der Waals surface area contributed by atoms with Gasteiger partial charge >= 0.3 is 0 Å². The summed E-state index contributed by atoms with van der Waals surface area (Å²) >= 11 is 25.1. The molecular formula is C18H14Cl4N8O. The maximum Gasteiger partial charge on any atom is 0.162 e. The lowest BCUT2D eigenvalue weighted by Gasteiger charge is -2.26. The van der Waals surface area contributed by atoms with Gasteiger partial charge in [0.1, 0.15) is 12.2 Å². The summed E-state index contributed by atoms with van der Waals surface area (Å²) in [4.78, 5) is 2.81. The van der Waals surface area contributed by atoms with Crippen LogP contribution in [0.15, 0.2) is 49.1 Å². The van der Waals surface area contributed by atoms with Crippen LogP contribution < -0.4 is 0 Å². The third-order valence-corrected chi connectivity index (χ3v) is 5.51. The van der Waals surface area contributed by atoms with Gasteiger partial charge in [0.15, 0.2) is 12.7 Å². The minimum absolute atomic E-state index is 0.244. The number of halogens is 4. The molecule has 0 N–H and O–H groups in total. The van der Waals surface area contributed by atoms with Crippen LogP contribution in [0.4, 0.5) is 0 Å². The number of hydrogen-bond acceptors (Lipinski definition) is 7. The number of aromatic nitrogens is 8. The molecule has 13 heteroatoms. The minimum atomic E-state index is -0.570. The fourth-order valence-corrected chi connectivity index (χ4v) is 4.05. The van der Waals surface area contributed by atoms with Crippen LogP contribution in [0.5, 0.6) is 0 Å². The Hall–Kier alpha value is -2.30. The maximum absolute atomic E-state index is 6.50. The van der Waals surface area contributed by atoms with Crippen LogP contribution in [0.25, 0.3) is 0 Å². The predicted molar refractivity (Wildman–Crippen MR) is 115 cm³/mol. The van der Waals surface area contributed by atoms with Crippen LogP contribution >= 0.6 is 46.4 Å². The zero-order chi connectivity index (χ0) is 21.8. The van der Waals surface area contributed by atoms with Gasteiger partial charge in [-0.15, -0.1) is 20.4 Å². The van der Waals surface area contributed by atoms with E-state index in [0.717, 1.165) is 0 Å². The first-order valence-electron chi connectivity index (χ1n) is 8.96. The van der Waals surface area contributed by atoms with Crippen molar-refractivity contribution in [1.82, 2.24) is 40.4 Å². The Morgan fingerprint density at radius 2 is 1.16 bits per heavy atom. The summed E-state index contributed by atoms with van der Waals surface area (Å²) < 4.78 is 6.50. The second kappa shape index (κ2) is 9.88. The molecule has 2 aromatic carbocycles. The zero-order valence-electron chi connectivity index (χ0n) is 15.7. The summed E-state index contributed by atoms with van der Waals surface area (Å²) in [5, 5.41) is 25.4. The molecule has 0 unspecified atom stereocenters. The summed E-state index contributed by atoms with van der Waals surface area (Å²) in [5.74, 6) is 0. The Kier molecular flexibility index (Phi) is 6.99. The van der Waals surface area contributed by atoms with E-state index in [9.17, 15) is 0 Å². The molecule has 160 valence electrons.